The molecule has 2 aromatic rings. The lowest BCUT2D eigenvalue weighted by atomic mass is 10.2. The number of hydrogen-bond donors (Lipinski definition) is 3. The van der Waals surface area contributed by atoms with E-state index in [0.717, 1.165) is 17.0 Å². The van der Waals surface area contributed by atoms with Crippen LogP contribution in [0.2, 0.25) is 0 Å². The number of nitrogens with zero attached hydrogens (tertiary/aromatic N) is 1. The number of rotatable bonds is 9. The molecule has 0 amide bonds. The predicted molar refractivity (Wildman–Crippen MR) is 101 cm³/mol. The number of carbonyl (C=O) groups is 1. The van der Waals surface area contributed by atoms with E-state index in [9.17, 15) is 23.3 Å². The number of benzene rings is 2. The van der Waals surface area contributed by atoms with Crippen LogP contribution in [-0.2, 0) is 14.8 Å². The SMILES string of the molecule is NS(=O)(=O)c1ccc(N[C@@H](CSc2ccccc2)CC(=O)O)c([N+](=O)[O-])c1. The average molecular weight is 411 g/mol. The van der Waals surface area contributed by atoms with Gasteiger partial charge < -0.3 is 10.4 Å². The van der Waals surface area contributed by atoms with E-state index in [1.807, 2.05) is 30.3 Å². The van der Waals surface area contributed by atoms with Crippen molar-refractivity contribution < 1.29 is 23.2 Å². The Balaban J connectivity index is 2.25. The molecule has 0 bridgehead atoms. The topological polar surface area (TPSA) is 153 Å². The van der Waals surface area contributed by atoms with E-state index in [2.05, 4.69) is 5.32 Å². The lowest BCUT2D eigenvalue weighted by Gasteiger charge is -2.18. The van der Waals surface area contributed by atoms with E-state index in [1.54, 1.807) is 0 Å². The number of nitro benzene ring substituents is 1. The number of nitrogens with one attached hydrogen (secondary N) is 1. The van der Waals surface area contributed by atoms with Crippen LogP contribution in [0.3, 0.4) is 0 Å². The Kier molecular flexibility index (Phi) is 6.77. The zero-order valence-corrected chi connectivity index (χ0v) is 15.6. The highest BCUT2D eigenvalue weighted by Crippen LogP contribution is 2.29. The number of nitrogens with two attached hydrogens (primary N) is 1. The summed E-state index contributed by atoms with van der Waals surface area (Å²) in [6, 6.07) is 11.8. The van der Waals surface area contributed by atoms with Gasteiger partial charge in [-0.2, -0.15) is 0 Å². The summed E-state index contributed by atoms with van der Waals surface area (Å²) in [5.74, 6) is -0.727. The Morgan fingerprint density at radius 3 is 2.48 bits per heavy atom. The fourth-order valence-electron chi connectivity index (χ4n) is 2.26. The van der Waals surface area contributed by atoms with Crippen molar-refractivity contribution in [2.24, 2.45) is 5.14 Å². The van der Waals surface area contributed by atoms with Crippen molar-refractivity contribution in [2.75, 3.05) is 11.1 Å². The first-order chi connectivity index (χ1) is 12.7. The van der Waals surface area contributed by atoms with Crippen molar-refractivity contribution in [2.45, 2.75) is 22.3 Å². The summed E-state index contributed by atoms with van der Waals surface area (Å²) in [6.07, 6.45) is -0.270. The summed E-state index contributed by atoms with van der Waals surface area (Å²) in [5.41, 5.74) is -0.478. The smallest absolute Gasteiger partial charge is 0.305 e. The molecule has 0 saturated heterocycles. The Morgan fingerprint density at radius 1 is 1.26 bits per heavy atom. The minimum Gasteiger partial charge on any atom is -0.481 e. The number of sulfonamides is 1. The summed E-state index contributed by atoms with van der Waals surface area (Å²) in [4.78, 5) is 22.2. The molecule has 9 nitrogen and oxygen atoms in total. The second-order valence-corrected chi connectivity index (χ2v) is 8.20. The molecule has 0 fully saturated rings. The monoisotopic (exact) mass is 411 g/mol. The molecule has 1 atom stereocenters. The van der Waals surface area contributed by atoms with Gasteiger partial charge in [-0.25, -0.2) is 13.6 Å². The molecule has 0 radical (unpaired) electrons. The predicted octanol–water partition coefficient (Wildman–Crippen LogP) is 2.29. The third kappa shape index (κ3) is 6.24. The molecule has 0 aromatic heterocycles. The van der Waals surface area contributed by atoms with Gasteiger partial charge in [0.1, 0.15) is 5.69 Å². The third-order valence-electron chi connectivity index (χ3n) is 3.47. The molecule has 0 heterocycles. The van der Waals surface area contributed by atoms with Crippen LogP contribution in [0, 0.1) is 10.1 Å². The lowest BCUT2D eigenvalue weighted by molar-refractivity contribution is -0.384. The zero-order chi connectivity index (χ0) is 20.0. The molecular formula is C16H17N3O6S2. The molecular weight excluding hydrogens is 394 g/mol. The van der Waals surface area contributed by atoms with Crippen LogP contribution < -0.4 is 10.5 Å². The van der Waals surface area contributed by atoms with E-state index in [0.29, 0.717) is 5.75 Å². The van der Waals surface area contributed by atoms with Crippen LogP contribution in [0.5, 0.6) is 0 Å². The Labute approximate surface area is 159 Å². The molecule has 0 aliphatic rings. The molecule has 2 aromatic carbocycles. The van der Waals surface area contributed by atoms with Gasteiger partial charge >= 0.3 is 5.97 Å². The summed E-state index contributed by atoms with van der Waals surface area (Å²) in [5, 5.41) is 28.2. The van der Waals surface area contributed by atoms with Crippen molar-refractivity contribution in [3.05, 3.63) is 58.6 Å². The van der Waals surface area contributed by atoms with Gasteiger partial charge in [0.05, 0.1) is 16.2 Å². The van der Waals surface area contributed by atoms with Crippen LogP contribution in [0.15, 0.2) is 58.3 Å². The molecule has 11 heteroatoms. The van der Waals surface area contributed by atoms with Gasteiger partial charge in [-0.1, -0.05) is 18.2 Å². The lowest BCUT2D eigenvalue weighted by Crippen LogP contribution is -2.26. The van der Waals surface area contributed by atoms with Crippen molar-refractivity contribution in [1.29, 1.82) is 0 Å². The van der Waals surface area contributed by atoms with Crippen molar-refractivity contribution >= 4 is 39.1 Å². The Hall–Kier alpha value is -2.63. The quantitative estimate of drug-likeness (QED) is 0.323. The Morgan fingerprint density at radius 2 is 1.93 bits per heavy atom. The highest BCUT2D eigenvalue weighted by molar-refractivity contribution is 7.99. The standard InChI is InChI=1S/C16H17N3O6S2/c17-27(24,25)13-6-7-14(15(9-13)19(22)23)18-11(8-16(20)21)10-26-12-4-2-1-3-5-12/h1-7,9,11,18H,8,10H2,(H,20,21)(H2,17,24,25)/t11-/m1/s1. The fraction of sp³-hybridized carbons (Fsp3) is 0.188. The third-order valence-corrected chi connectivity index (χ3v) is 5.55. The number of primary sulfonamides is 1. The number of aliphatic carboxylic acids is 1. The maximum atomic E-state index is 11.4. The van der Waals surface area contributed by atoms with Crippen LogP contribution in [0.25, 0.3) is 0 Å². The second-order valence-electron chi connectivity index (χ2n) is 5.54. The fourth-order valence-corrected chi connectivity index (χ4v) is 3.74. The molecule has 27 heavy (non-hydrogen) atoms. The van der Waals surface area contributed by atoms with E-state index in [4.69, 9.17) is 10.2 Å². The van der Waals surface area contributed by atoms with Crippen molar-refractivity contribution in [3.8, 4) is 0 Å². The summed E-state index contributed by atoms with van der Waals surface area (Å²) < 4.78 is 22.8. The highest BCUT2D eigenvalue weighted by Gasteiger charge is 2.22. The first-order valence-electron chi connectivity index (χ1n) is 7.64. The van der Waals surface area contributed by atoms with Crippen molar-refractivity contribution in [3.63, 3.8) is 0 Å². The number of carboxylic acids is 1. The summed E-state index contributed by atoms with van der Waals surface area (Å²) >= 11 is 1.40. The van der Waals surface area contributed by atoms with Gasteiger partial charge in [0, 0.05) is 22.8 Å². The minimum absolute atomic E-state index is 0.0207. The van der Waals surface area contributed by atoms with Crippen molar-refractivity contribution in [1.82, 2.24) is 0 Å². The first-order valence-corrected chi connectivity index (χ1v) is 10.2. The number of carboxylic acid groups (broad SMARTS) is 1. The number of hydrogen-bond acceptors (Lipinski definition) is 7. The number of thioether (sulfide) groups is 1. The van der Waals surface area contributed by atoms with Gasteiger partial charge in [-0.15, -0.1) is 11.8 Å². The van der Waals surface area contributed by atoms with E-state index in [1.165, 1.54) is 17.8 Å². The average Bonchev–Trinajstić information content (AvgIpc) is 2.59. The molecule has 0 aliphatic heterocycles. The normalized spacial score (nSPS) is 12.3. The summed E-state index contributed by atoms with van der Waals surface area (Å²) in [6.45, 7) is 0. The molecule has 144 valence electrons. The molecule has 2 rings (SSSR count). The van der Waals surface area contributed by atoms with Gasteiger partial charge in [-0.3, -0.25) is 14.9 Å². The van der Waals surface area contributed by atoms with Gasteiger partial charge in [0.2, 0.25) is 10.0 Å². The van der Waals surface area contributed by atoms with Gasteiger partial charge in [-0.05, 0) is 24.3 Å². The van der Waals surface area contributed by atoms with Crippen LogP contribution >= 0.6 is 11.8 Å². The van der Waals surface area contributed by atoms with E-state index in [-0.39, 0.29) is 12.1 Å². The summed E-state index contributed by atoms with van der Waals surface area (Å²) in [7, 11) is -4.10. The van der Waals surface area contributed by atoms with E-state index < -0.39 is 37.5 Å². The largest absolute Gasteiger partial charge is 0.481 e. The molecule has 0 saturated carbocycles. The molecule has 0 unspecified atom stereocenters. The van der Waals surface area contributed by atoms with Gasteiger partial charge in [0.25, 0.3) is 5.69 Å². The van der Waals surface area contributed by atoms with E-state index >= 15 is 0 Å². The molecule has 0 aliphatic carbocycles. The highest BCUT2D eigenvalue weighted by atomic mass is 32.2. The van der Waals surface area contributed by atoms with Gasteiger partial charge in [0.15, 0.2) is 0 Å². The first kappa shape index (κ1) is 20.7. The number of nitro groups is 1. The van der Waals surface area contributed by atoms with Crippen LogP contribution in [-0.4, -0.2) is 36.2 Å². The second kappa shape index (κ2) is 8.84. The Bertz CT molecular complexity index is 934. The maximum absolute atomic E-state index is 11.4. The van der Waals surface area contributed by atoms with Crippen LogP contribution in [0.1, 0.15) is 6.42 Å². The molecule has 0 spiro atoms. The zero-order valence-electron chi connectivity index (χ0n) is 13.9. The molecule has 4 N–H and O–H groups in total. The number of anilines is 1. The van der Waals surface area contributed by atoms with Crippen LogP contribution in [0.4, 0.5) is 11.4 Å². The maximum Gasteiger partial charge on any atom is 0.305 e. The minimum atomic E-state index is -4.10.